The standard InChI is InChI=1S/C16H23N3O6/c1-10-7-6-8-11(13(10)19(22)23)17-9-12(14(20)24-5)18-15(21)25-16(2,3)4/h6-8,12,17H,9H2,1-5H3,(H,18,21)/t12-/m1/s1. The molecule has 0 aromatic heterocycles. The maximum absolute atomic E-state index is 11.9. The zero-order chi connectivity index (χ0) is 19.2. The van der Waals surface area contributed by atoms with Crippen LogP contribution in [0.4, 0.5) is 16.2 Å². The van der Waals surface area contributed by atoms with Crippen LogP contribution in [-0.2, 0) is 14.3 Å². The van der Waals surface area contributed by atoms with Crippen molar-refractivity contribution in [2.75, 3.05) is 19.0 Å². The largest absolute Gasteiger partial charge is 0.467 e. The molecular formula is C16H23N3O6. The summed E-state index contributed by atoms with van der Waals surface area (Å²) in [7, 11) is 1.18. The Kier molecular flexibility index (Phi) is 6.72. The lowest BCUT2D eigenvalue weighted by atomic mass is 10.1. The van der Waals surface area contributed by atoms with Crippen molar-refractivity contribution in [2.24, 2.45) is 0 Å². The van der Waals surface area contributed by atoms with E-state index in [1.807, 2.05) is 0 Å². The third-order valence-corrected chi connectivity index (χ3v) is 3.09. The summed E-state index contributed by atoms with van der Waals surface area (Å²) in [5.41, 5.74) is -0.106. The van der Waals surface area contributed by atoms with E-state index in [9.17, 15) is 19.7 Å². The predicted octanol–water partition coefficient (Wildman–Crippen LogP) is 2.38. The lowest BCUT2D eigenvalue weighted by Gasteiger charge is -2.23. The predicted molar refractivity (Wildman–Crippen MR) is 91.5 cm³/mol. The first-order valence-electron chi connectivity index (χ1n) is 7.60. The molecule has 9 nitrogen and oxygen atoms in total. The first kappa shape index (κ1) is 20.2. The van der Waals surface area contributed by atoms with Crippen LogP contribution in [0.25, 0.3) is 0 Å². The number of nitrogens with zero attached hydrogens (tertiary/aromatic N) is 1. The molecule has 0 aliphatic rings. The minimum absolute atomic E-state index is 0.0941. The van der Waals surface area contributed by atoms with E-state index in [4.69, 9.17) is 4.74 Å². The van der Waals surface area contributed by atoms with Gasteiger partial charge in [-0.05, 0) is 33.8 Å². The first-order valence-corrected chi connectivity index (χ1v) is 7.60. The zero-order valence-electron chi connectivity index (χ0n) is 14.9. The molecule has 1 aromatic rings. The summed E-state index contributed by atoms with van der Waals surface area (Å²) in [6.07, 6.45) is -0.788. The molecule has 25 heavy (non-hydrogen) atoms. The molecule has 0 spiro atoms. The average Bonchev–Trinajstić information content (AvgIpc) is 2.48. The molecule has 1 atom stereocenters. The first-order chi connectivity index (χ1) is 11.5. The highest BCUT2D eigenvalue weighted by Gasteiger charge is 2.26. The minimum Gasteiger partial charge on any atom is -0.467 e. The number of nitro groups is 1. The van der Waals surface area contributed by atoms with Gasteiger partial charge in [0, 0.05) is 12.1 Å². The number of anilines is 1. The minimum atomic E-state index is -1.07. The van der Waals surface area contributed by atoms with Crippen LogP contribution in [0.3, 0.4) is 0 Å². The van der Waals surface area contributed by atoms with Crippen molar-refractivity contribution in [3.63, 3.8) is 0 Å². The molecule has 0 saturated carbocycles. The second kappa shape index (κ2) is 8.32. The summed E-state index contributed by atoms with van der Waals surface area (Å²) >= 11 is 0. The molecule has 0 fully saturated rings. The molecule has 0 bridgehead atoms. The number of hydrogen-bond donors (Lipinski definition) is 2. The van der Waals surface area contributed by atoms with Gasteiger partial charge in [-0.25, -0.2) is 9.59 Å². The smallest absolute Gasteiger partial charge is 0.408 e. The van der Waals surface area contributed by atoms with Crippen molar-refractivity contribution in [2.45, 2.75) is 39.3 Å². The number of amides is 1. The lowest BCUT2D eigenvalue weighted by Crippen LogP contribution is -2.47. The number of nitro benzene ring substituents is 1. The summed E-state index contributed by atoms with van der Waals surface area (Å²) < 4.78 is 9.75. The number of carbonyl (C=O) groups excluding carboxylic acids is 2. The second-order valence-electron chi connectivity index (χ2n) is 6.33. The number of rotatable bonds is 6. The number of hydrogen-bond acceptors (Lipinski definition) is 7. The maximum atomic E-state index is 11.9. The molecule has 0 saturated heterocycles. The van der Waals surface area contributed by atoms with Gasteiger partial charge in [-0.15, -0.1) is 0 Å². The van der Waals surface area contributed by atoms with Crippen LogP contribution >= 0.6 is 0 Å². The highest BCUT2D eigenvalue weighted by Crippen LogP contribution is 2.27. The number of ether oxygens (including phenoxy) is 2. The third-order valence-electron chi connectivity index (χ3n) is 3.09. The van der Waals surface area contributed by atoms with Gasteiger partial charge in [0.15, 0.2) is 0 Å². The molecule has 138 valence electrons. The van der Waals surface area contributed by atoms with Crippen molar-refractivity contribution in [3.05, 3.63) is 33.9 Å². The van der Waals surface area contributed by atoms with Gasteiger partial charge in [-0.1, -0.05) is 12.1 Å². The van der Waals surface area contributed by atoms with E-state index in [2.05, 4.69) is 15.4 Å². The quantitative estimate of drug-likeness (QED) is 0.457. The molecule has 0 radical (unpaired) electrons. The average molecular weight is 353 g/mol. The van der Waals surface area contributed by atoms with Gasteiger partial charge >= 0.3 is 12.1 Å². The monoisotopic (exact) mass is 353 g/mol. The highest BCUT2D eigenvalue weighted by molar-refractivity contribution is 5.82. The van der Waals surface area contributed by atoms with Gasteiger partial charge in [-0.2, -0.15) is 0 Å². The fraction of sp³-hybridized carbons (Fsp3) is 0.500. The highest BCUT2D eigenvalue weighted by atomic mass is 16.6. The van der Waals surface area contributed by atoms with Crippen LogP contribution in [0.1, 0.15) is 26.3 Å². The number of nitrogens with one attached hydrogen (secondary N) is 2. The Morgan fingerprint density at radius 1 is 1.32 bits per heavy atom. The topological polar surface area (TPSA) is 120 Å². The Balaban J connectivity index is 2.88. The van der Waals surface area contributed by atoms with Crippen LogP contribution < -0.4 is 10.6 Å². The molecule has 1 rings (SSSR count). The molecule has 0 aliphatic carbocycles. The van der Waals surface area contributed by atoms with Crippen molar-refractivity contribution in [1.29, 1.82) is 0 Å². The van der Waals surface area contributed by atoms with E-state index in [1.165, 1.54) is 13.2 Å². The Bertz CT molecular complexity index is 654. The van der Waals surface area contributed by atoms with Crippen LogP contribution in [-0.4, -0.2) is 42.3 Å². The molecule has 0 aliphatic heterocycles. The van der Waals surface area contributed by atoms with E-state index in [-0.39, 0.29) is 17.9 Å². The Morgan fingerprint density at radius 2 is 1.96 bits per heavy atom. The number of aryl methyl sites for hydroxylation is 1. The van der Waals surface area contributed by atoms with Crippen molar-refractivity contribution < 1.29 is 24.0 Å². The summed E-state index contributed by atoms with van der Waals surface area (Å²) in [6.45, 7) is 6.58. The second-order valence-corrected chi connectivity index (χ2v) is 6.33. The third kappa shape index (κ3) is 6.28. The van der Waals surface area contributed by atoms with E-state index in [1.54, 1.807) is 39.8 Å². The van der Waals surface area contributed by atoms with E-state index >= 15 is 0 Å². The number of esters is 1. The normalized spacial score (nSPS) is 12.0. The molecule has 0 heterocycles. The Hall–Kier alpha value is -2.84. The zero-order valence-corrected chi connectivity index (χ0v) is 14.9. The van der Waals surface area contributed by atoms with Crippen molar-refractivity contribution >= 4 is 23.4 Å². The van der Waals surface area contributed by atoms with Gasteiger partial charge in [0.2, 0.25) is 0 Å². The van der Waals surface area contributed by atoms with E-state index in [0.29, 0.717) is 5.56 Å². The van der Waals surface area contributed by atoms with Crippen LogP contribution in [0, 0.1) is 17.0 Å². The van der Waals surface area contributed by atoms with E-state index < -0.39 is 28.6 Å². The number of carbonyl (C=O) groups is 2. The van der Waals surface area contributed by atoms with Crippen molar-refractivity contribution in [1.82, 2.24) is 5.32 Å². The van der Waals surface area contributed by atoms with Gasteiger partial charge in [0.05, 0.1) is 12.0 Å². The fourth-order valence-corrected chi connectivity index (χ4v) is 2.04. The van der Waals surface area contributed by atoms with Gasteiger partial charge in [-0.3, -0.25) is 10.1 Å². The Morgan fingerprint density at radius 3 is 2.48 bits per heavy atom. The lowest BCUT2D eigenvalue weighted by molar-refractivity contribution is -0.384. The maximum Gasteiger partial charge on any atom is 0.408 e. The number of methoxy groups -OCH3 is 1. The molecular weight excluding hydrogens is 330 g/mol. The molecule has 0 unspecified atom stereocenters. The fourth-order valence-electron chi connectivity index (χ4n) is 2.04. The summed E-state index contributed by atoms with van der Waals surface area (Å²) in [6, 6.07) is 3.71. The number of para-hydroxylation sites is 1. The van der Waals surface area contributed by atoms with Crippen molar-refractivity contribution in [3.8, 4) is 0 Å². The summed E-state index contributed by atoms with van der Waals surface area (Å²) in [4.78, 5) is 34.4. The SMILES string of the molecule is COC(=O)[C@@H](CNc1cccc(C)c1[N+](=O)[O-])NC(=O)OC(C)(C)C. The number of benzene rings is 1. The van der Waals surface area contributed by atoms with Gasteiger partial charge < -0.3 is 20.1 Å². The number of alkyl carbamates (subject to hydrolysis) is 1. The Labute approximate surface area is 145 Å². The summed E-state index contributed by atoms with van der Waals surface area (Å²) in [5, 5.41) is 16.4. The van der Waals surface area contributed by atoms with Crippen LogP contribution in [0.5, 0.6) is 0 Å². The molecule has 9 heteroatoms. The summed E-state index contributed by atoms with van der Waals surface area (Å²) in [5.74, 6) is -0.700. The van der Waals surface area contributed by atoms with Gasteiger partial charge in [0.25, 0.3) is 5.69 Å². The van der Waals surface area contributed by atoms with E-state index in [0.717, 1.165) is 0 Å². The molecule has 1 aromatic carbocycles. The van der Waals surface area contributed by atoms with Crippen LogP contribution in [0.15, 0.2) is 18.2 Å². The molecule has 2 N–H and O–H groups in total. The van der Waals surface area contributed by atoms with Crippen LogP contribution in [0.2, 0.25) is 0 Å². The molecule has 1 amide bonds. The van der Waals surface area contributed by atoms with Gasteiger partial charge in [0.1, 0.15) is 17.3 Å².